The van der Waals surface area contributed by atoms with E-state index in [-0.39, 0.29) is 28.4 Å². The predicted molar refractivity (Wildman–Crippen MR) is 206 cm³/mol. The highest BCUT2D eigenvalue weighted by Gasteiger charge is 2.52. The van der Waals surface area contributed by atoms with Crippen LogP contribution in [0.3, 0.4) is 0 Å². The first kappa shape index (κ1) is 44.5. The van der Waals surface area contributed by atoms with Crippen molar-refractivity contribution in [2.24, 2.45) is 11.8 Å². The van der Waals surface area contributed by atoms with Gasteiger partial charge in [0, 0.05) is 22.2 Å². The highest BCUT2D eigenvalue weighted by atomic mass is 35.5. The van der Waals surface area contributed by atoms with Gasteiger partial charge in [0.05, 0.1) is 24.1 Å². The molecule has 0 heterocycles. The van der Waals surface area contributed by atoms with E-state index in [0.29, 0.717) is 17.9 Å². The summed E-state index contributed by atoms with van der Waals surface area (Å²) in [5.74, 6) is -12.6. The van der Waals surface area contributed by atoms with Crippen molar-refractivity contribution in [2.75, 3.05) is 13.2 Å². The molecule has 1 aliphatic carbocycles. The predicted octanol–water partition coefficient (Wildman–Crippen LogP) is 4.51. The Hall–Kier alpha value is -5.22. The second-order valence-corrected chi connectivity index (χ2v) is 16.5. The van der Waals surface area contributed by atoms with Crippen LogP contribution in [0.15, 0.2) is 77.7 Å². The van der Waals surface area contributed by atoms with Gasteiger partial charge in [0.25, 0.3) is 21.8 Å². The summed E-state index contributed by atoms with van der Waals surface area (Å²) in [4.78, 5) is 80.4. The number of ether oxygens (including phenoxy) is 1. The lowest BCUT2D eigenvalue weighted by Gasteiger charge is -2.34. The molecule has 1 aliphatic rings. The van der Waals surface area contributed by atoms with Crippen LogP contribution >= 0.6 is 11.6 Å². The molecule has 306 valence electrons. The molecule has 2 atom stereocenters. The molecule has 0 radical (unpaired) electrons. The maximum Gasteiger partial charge on any atom is 0.401 e. The lowest BCUT2D eigenvalue weighted by atomic mass is 9.96. The average molecular weight is 831 g/mol. The van der Waals surface area contributed by atoms with Gasteiger partial charge in [0.2, 0.25) is 17.6 Å². The fraction of sp³-hybridized carbons (Fsp3) is 0.400. The van der Waals surface area contributed by atoms with E-state index >= 15 is 0 Å². The van der Waals surface area contributed by atoms with Crippen LogP contribution in [0.2, 0.25) is 5.02 Å². The largest absolute Gasteiger partial charge is 0.461 e. The molecule has 0 aliphatic heterocycles. The lowest BCUT2D eigenvalue weighted by Crippen LogP contribution is -2.58. The van der Waals surface area contributed by atoms with Crippen molar-refractivity contribution in [1.82, 2.24) is 20.3 Å². The van der Waals surface area contributed by atoms with Crippen molar-refractivity contribution in [2.45, 2.75) is 82.8 Å². The van der Waals surface area contributed by atoms with Gasteiger partial charge < -0.3 is 20.3 Å². The number of nitrogens with one attached hydrogen (secondary N) is 3. The fourth-order valence-corrected chi connectivity index (χ4v) is 7.43. The first-order chi connectivity index (χ1) is 26.7. The number of halogens is 3. The van der Waals surface area contributed by atoms with Crippen molar-refractivity contribution in [1.29, 1.82) is 0 Å². The molecule has 4 rings (SSSR count). The number of alkyl halides is 2. The standard InChI is InChI=1S/C40H45ClF2N4O9S/c1-6-56-39(53)40(42,43)35(49)32(19-23(2)3)44-33(48)22-47(30-20-27-9-7-8-10-28(27)21-30)38(52)34(24(4)5)45-36(50)25-11-13-26(14-12-25)37(51)46-57(54,55)31-17-15-29(41)16-18-31/h7-18,23-24,30,32,34H,6,19-22H2,1-5H3,(H,44,48)(H,45,50)(H,46,51)/t32-,34-/m0/s1. The second-order valence-electron chi connectivity index (χ2n) is 14.4. The number of Topliss-reactive ketones (excluding diaryl/α,β-unsaturated/α-hetero) is 1. The van der Waals surface area contributed by atoms with E-state index in [9.17, 15) is 46.0 Å². The molecule has 0 fully saturated rings. The van der Waals surface area contributed by atoms with E-state index in [1.165, 1.54) is 60.4 Å². The maximum atomic E-state index is 14.9. The average Bonchev–Trinajstić information content (AvgIpc) is 3.59. The zero-order valence-electron chi connectivity index (χ0n) is 32.0. The Kier molecular flexibility index (Phi) is 14.7. The van der Waals surface area contributed by atoms with Crippen molar-refractivity contribution in [3.63, 3.8) is 0 Å². The normalized spacial score (nSPS) is 14.0. The van der Waals surface area contributed by atoms with E-state index in [2.05, 4.69) is 15.4 Å². The zero-order valence-corrected chi connectivity index (χ0v) is 33.6. The highest BCUT2D eigenvalue weighted by molar-refractivity contribution is 7.90. The van der Waals surface area contributed by atoms with Gasteiger partial charge in [-0.25, -0.2) is 17.9 Å². The Morgan fingerprint density at radius 2 is 1.39 bits per heavy atom. The minimum atomic E-state index is -4.53. The van der Waals surface area contributed by atoms with Gasteiger partial charge in [-0.05, 0) is 97.7 Å². The number of rotatable bonds is 17. The van der Waals surface area contributed by atoms with Crippen LogP contribution < -0.4 is 15.4 Å². The third-order valence-electron chi connectivity index (χ3n) is 9.25. The van der Waals surface area contributed by atoms with Crippen LogP contribution in [0.1, 0.15) is 72.9 Å². The number of sulfonamides is 1. The first-order valence-electron chi connectivity index (χ1n) is 18.2. The van der Waals surface area contributed by atoms with Crippen LogP contribution in [0.4, 0.5) is 8.78 Å². The van der Waals surface area contributed by atoms with E-state index in [1.807, 2.05) is 29.0 Å². The molecule has 0 bridgehead atoms. The summed E-state index contributed by atoms with van der Waals surface area (Å²) in [7, 11) is -4.23. The second kappa shape index (κ2) is 18.8. The van der Waals surface area contributed by atoms with Gasteiger partial charge in [-0.15, -0.1) is 0 Å². The summed E-state index contributed by atoms with van der Waals surface area (Å²) >= 11 is 5.82. The molecule has 0 unspecified atom stereocenters. The first-order valence-corrected chi connectivity index (χ1v) is 20.1. The number of carbonyl (C=O) groups is 6. The van der Waals surface area contributed by atoms with Gasteiger partial charge in [-0.1, -0.05) is 63.6 Å². The van der Waals surface area contributed by atoms with E-state index < -0.39 is 88.5 Å². The molecule has 4 amide bonds. The third kappa shape index (κ3) is 11.2. The van der Waals surface area contributed by atoms with E-state index in [1.54, 1.807) is 27.7 Å². The van der Waals surface area contributed by atoms with Gasteiger partial charge in [-0.2, -0.15) is 8.78 Å². The third-order valence-corrected chi connectivity index (χ3v) is 10.8. The van der Waals surface area contributed by atoms with Crippen LogP contribution in [0.25, 0.3) is 0 Å². The maximum absolute atomic E-state index is 14.9. The summed E-state index contributed by atoms with van der Waals surface area (Å²) in [6.07, 6.45) is 0.465. The summed E-state index contributed by atoms with van der Waals surface area (Å²) in [6.45, 7) is 6.90. The molecule has 17 heteroatoms. The molecule has 3 N–H and O–H groups in total. The number of fused-ring (bicyclic) bond motifs is 1. The van der Waals surface area contributed by atoms with Crippen molar-refractivity contribution in [3.8, 4) is 0 Å². The van der Waals surface area contributed by atoms with Gasteiger partial charge in [0.15, 0.2) is 0 Å². The number of hydrogen-bond acceptors (Lipinski definition) is 9. The van der Waals surface area contributed by atoms with Crippen molar-refractivity contribution in [3.05, 3.63) is 100 Å². The quantitative estimate of drug-likeness (QED) is 0.130. The summed E-state index contributed by atoms with van der Waals surface area (Å²) in [5.41, 5.74) is 1.81. The fourth-order valence-electron chi connectivity index (χ4n) is 6.33. The van der Waals surface area contributed by atoms with E-state index in [0.717, 1.165) is 11.1 Å². The van der Waals surface area contributed by atoms with Crippen LogP contribution in [0.5, 0.6) is 0 Å². The molecule has 0 saturated carbocycles. The van der Waals surface area contributed by atoms with Crippen LogP contribution in [-0.4, -0.2) is 85.9 Å². The lowest BCUT2D eigenvalue weighted by molar-refractivity contribution is -0.177. The Labute approximate surface area is 334 Å². The van der Waals surface area contributed by atoms with Crippen LogP contribution in [0, 0.1) is 11.8 Å². The monoisotopic (exact) mass is 830 g/mol. The minimum Gasteiger partial charge on any atom is -0.461 e. The molecule has 0 spiro atoms. The Morgan fingerprint density at radius 3 is 1.89 bits per heavy atom. The van der Waals surface area contributed by atoms with Gasteiger partial charge in [0.1, 0.15) is 6.04 Å². The number of esters is 1. The molecule has 13 nitrogen and oxygen atoms in total. The molecule has 0 aromatic heterocycles. The molecule has 0 saturated heterocycles. The summed E-state index contributed by atoms with van der Waals surface area (Å²) in [5, 5.41) is 5.33. The highest BCUT2D eigenvalue weighted by Crippen LogP contribution is 2.27. The van der Waals surface area contributed by atoms with E-state index in [4.69, 9.17) is 11.6 Å². The number of amides is 4. The summed E-state index contributed by atoms with van der Waals surface area (Å²) in [6, 6.07) is 14.1. The Balaban J connectivity index is 1.54. The number of ketones is 1. The molecular weight excluding hydrogens is 786 g/mol. The Morgan fingerprint density at radius 1 is 0.842 bits per heavy atom. The topological polar surface area (TPSA) is 185 Å². The molecule has 57 heavy (non-hydrogen) atoms. The van der Waals surface area contributed by atoms with Gasteiger partial charge in [-0.3, -0.25) is 24.0 Å². The minimum absolute atomic E-state index is 0.0284. The number of hydrogen-bond donors (Lipinski definition) is 3. The number of nitrogens with zero attached hydrogens (tertiary/aromatic N) is 1. The molecule has 3 aromatic rings. The molecule has 3 aromatic carbocycles. The summed E-state index contributed by atoms with van der Waals surface area (Å²) < 4.78 is 61.4. The van der Waals surface area contributed by atoms with Crippen LogP contribution in [-0.2, 0) is 46.8 Å². The molecular formula is C40H45ClF2N4O9S. The number of carbonyl (C=O) groups excluding carboxylic acids is 6. The SMILES string of the molecule is CCOC(=O)C(F)(F)C(=O)[C@H](CC(C)C)NC(=O)CN(C(=O)[C@@H](NC(=O)c1ccc(C(=O)NS(=O)(=O)c2ccc(Cl)cc2)cc1)C(C)C)C1Cc2ccccc2C1. The van der Waals surface area contributed by atoms with Crippen molar-refractivity contribution >= 4 is 57.0 Å². The smallest absolute Gasteiger partial charge is 0.401 e. The Bertz CT molecular complexity index is 2070. The van der Waals surface area contributed by atoms with Gasteiger partial charge >= 0.3 is 11.9 Å². The zero-order chi connectivity index (χ0) is 42.2. The number of benzene rings is 3. The van der Waals surface area contributed by atoms with Crippen molar-refractivity contribution < 1.29 is 50.7 Å².